The van der Waals surface area contributed by atoms with Crippen LogP contribution in [0.3, 0.4) is 0 Å². The maximum absolute atomic E-state index is 12.9. The fraction of sp³-hybridized carbons (Fsp3) is 0.273. The topological polar surface area (TPSA) is 20.2 Å². The highest BCUT2D eigenvalue weighted by molar-refractivity contribution is 7.19. The highest BCUT2D eigenvalue weighted by atomic mass is 32.1. The molecule has 0 aliphatic rings. The second-order valence-electron chi connectivity index (χ2n) is 3.41. The normalized spacial score (nSPS) is 13.4. The van der Waals surface area contributed by atoms with Crippen molar-refractivity contribution in [2.24, 2.45) is 0 Å². The summed E-state index contributed by atoms with van der Waals surface area (Å²) in [4.78, 5) is 1.10. The van der Waals surface area contributed by atoms with Crippen molar-refractivity contribution >= 4 is 21.4 Å². The molecule has 0 fully saturated rings. The minimum absolute atomic E-state index is 0.134. The molecule has 1 nitrogen and oxygen atoms in total. The van der Waals surface area contributed by atoms with E-state index in [-0.39, 0.29) is 18.3 Å². The molecule has 0 aliphatic carbocycles. The number of benzene rings is 1. The van der Waals surface area contributed by atoms with E-state index in [1.165, 1.54) is 12.1 Å². The van der Waals surface area contributed by atoms with Crippen LogP contribution in [-0.2, 0) is 0 Å². The molecule has 0 bridgehead atoms. The predicted octanol–water partition coefficient (Wildman–Crippen LogP) is 3.14. The van der Waals surface area contributed by atoms with Gasteiger partial charge in [0.2, 0.25) is 0 Å². The van der Waals surface area contributed by atoms with Gasteiger partial charge in [-0.05, 0) is 23.6 Å². The third kappa shape index (κ3) is 1.65. The fourth-order valence-corrected chi connectivity index (χ4v) is 2.49. The summed E-state index contributed by atoms with van der Waals surface area (Å²) in [5.41, 5.74) is 0. The summed E-state index contributed by atoms with van der Waals surface area (Å²) in [6.45, 7) is 2.09. The number of halogens is 1. The molecule has 14 heavy (non-hydrogen) atoms. The quantitative estimate of drug-likeness (QED) is 0.807. The molecule has 0 spiro atoms. The summed E-state index contributed by atoms with van der Waals surface area (Å²) < 4.78 is 13.8. The minimum atomic E-state index is -0.206. The Hall–Kier alpha value is -0.930. The van der Waals surface area contributed by atoms with Crippen molar-refractivity contribution in [3.05, 3.63) is 35.0 Å². The first-order valence-corrected chi connectivity index (χ1v) is 5.32. The summed E-state index contributed by atoms with van der Waals surface area (Å²) >= 11 is 1.54. The van der Waals surface area contributed by atoms with Crippen LogP contribution in [0.5, 0.6) is 0 Å². The van der Waals surface area contributed by atoms with Crippen molar-refractivity contribution in [1.29, 1.82) is 0 Å². The Morgan fingerprint density at radius 1 is 1.43 bits per heavy atom. The van der Waals surface area contributed by atoms with E-state index < -0.39 is 0 Å². The highest BCUT2D eigenvalue weighted by Gasteiger charge is 2.08. The highest BCUT2D eigenvalue weighted by Crippen LogP contribution is 2.30. The maximum atomic E-state index is 12.9. The maximum Gasteiger partial charge on any atom is 0.124 e. The van der Waals surface area contributed by atoms with Gasteiger partial charge in [-0.25, -0.2) is 4.39 Å². The second kappa shape index (κ2) is 3.67. The number of thiophene rings is 1. The van der Waals surface area contributed by atoms with Gasteiger partial charge < -0.3 is 5.11 Å². The second-order valence-corrected chi connectivity index (χ2v) is 4.53. The molecule has 2 rings (SSSR count). The van der Waals surface area contributed by atoms with Crippen molar-refractivity contribution in [3.8, 4) is 0 Å². The molecule has 1 heterocycles. The number of hydrogen-bond acceptors (Lipinski definition) is 2. The van der Waals surface area contributed by atoms with Gasteiger partial charge in [0.1, 0.15) is 5.82 Å². The molecule has 3 heteroatoms. The van der Waals surface area contributed by atoms with Gasteiger partial charge in [-0.1, -0.05) is 13.0 Å². The van der Waals surface area contributed by atoms with Gasteiger partial charge in [0, 0.05) is 15.5 Å². The first-order chi connectivity index (χ1) is 6.70. The van der Waals surface area contributed by atoms with Crippen LogP contribution in [0.1, 0.15) is 17.7 Å². The van der Waals surface area contributed by atoms with Crippen LogP contribution in [0.25, 0.3) is 10.1 Å². The Kier molecular flexibility index (Phi) is 2.52. The Balaban J connectivity index is 2.51. The third-order valence-corrected chi connectivity index (χ3v) is 3.59. The van der Waals surface area contributed by atoms with Crippen molar-refractivity contribution in [2.45, 2.75) is 12.8 Å². The zero-order chi connectivity index (χ0) is 10.1. The lowest BCUT2D eigenvalue weighted by Gasteiger charge is -2.01. The van der Waals surface area contributed by atoms with E-state index in [1.807, 2.05) is 13.0 Å². The number of aliphatic hydroxyl groups is 1. The van der Waals surface area contributed by atoms with Crippen LogP contribution >= 0.6 is 11.3 Å². The van der Waals surface area contributed by atoms with E-state index >= 15 is 0 Å². The predicted molar refractivity (Wildman–Crippen MR) is 57.3 cm³/mol. The van der Waals surface area contributed by atoms with Crippen LogP contribution in [-0.4, -0.2) is 11.7 Å². The fourth-order valence-electron chi connectivity index (χ4n) is 1.36. The van der Waals surface area contributed by atoms with Crippen LogP contribution < -0.4 is 0 Å². The van der Waals surface area contributed by atoms with Crippen LogP contribution in [0, 0.1) is 5.82 Å². The van der Waals surface area contributed by atoms with Crippen molar-refractivity contribution in [2.75, 3.05) is 6.61 Å². The number of hydrogen-bond donors (Lipinski definition) is 1. The molecular weight excluding hydrogens is 199 g/mol. The molecule has 1 aromatic carbocycles. The zero-order valence-corrected chi connectivity index (χ0v) is 8.64. The van der Waals surface area contributed by atoms with E-state index in [4.69, 9.17) is 5.11 Å². The van der Waals surface area contributed by atoms with Gasteiger partial charge in [-0.3, -0.25) is 0 Å². The summed E-state index contributed by atoms with van der Waals surface area (Å²) in [5, 5.41) is 10.0. The molecule has 1 unspecified atom stereocenters. The van der Waals surface area contributed by atoms with Gasteiger partial charge in [0.15, 0.2) is 0 Å². The summed E-state index contributed by atoms with van der Waals surface area (Å²) in [6.07, 6.45) is 0. The minimum Gasteiger partial charge on any atom is -0.396 e. The number of fused-ring (bicyclic) bond motifs is 1. The van der Waals surface area contributed by atoms with Gasteiger partial charge in [0.25, 0.3) is 0 Å². The number of aliphatic hydroxyl groups excluding tert-OH is 1. The monoisotopic (exact) mass is 210 g/mol. The summed E-state index contributed by atoms with van der Waals surface area (Å²) in [7, 11) is 0. The Morgan fingerprint density at radius 2 is 2.21 bits per heavy atom. The lowest BCUT2D eigenvalue weighted by Crippen LogP contribution is -1.94. The molecule has 0 saturated carbocycles. The first kappa shape index (κ1) is 9.62. The van der Waals surface area contributed by atoms with Crippen LogP contribution in [0.4, 0.5) is 4.39 Å². The molecule has 2 aromatic rings. The van der Waals surface area contributed by atoms with E-state index in [2.05, 4.69) is 0 Å². The lowest BCUT2D eigenvalue weighted by molar-refractivity contribution is 0.274. The Morgan fingerprint density at radius 3 is 2.93 bits per heavy atom. The molecule has 1 aromatic heterocycles. The van der Waals surface area contributed by atoms with Gasteiger partial charge in [-0.15, -0.1) is 11.3 Å². The van der Waals surface area contributed by atoms with E-state index in [1.54, 1.807) is 17.4 Å². The average Bonchev–Trinajstić information content (AvgIpc) is 2.59. The van der Waals surface area contributed by atoms with Gasteiger partial charge in [0.05, 0.1) is 6.61 Å². The van der Waals surface area contributed by atoms with E-state index in [0.29, 0.717) is 0 Å². The molecule has 1 N–H and O–H groups in total. The standard InChI is InChI=1S/C11H11FOS/c1-7(6-13)10-4-8-2-3-9(12)5-11(8)14-10/h2-5,7,13H,6H2,1H3. The SMILES string of the molecule is CC(CO)c1cc2ccc(F)cc2s1. The van der Waals surface area contributed by atoms with Crippen molar-refractivity contribution in [1.82, 2.24) is 0 Å². The van der Waals surface area contributed by atoms with E-state index in [9.17, 15) is 4.39 Å². The largest absolute Gasteiger partial charge is 0.396 e. The Labute approximate surface area is 85.8 Å². The van der Waals surface area contributed by atoms with Gasteiger partial charge in [-0.2, -0.15) is 0 Å². The first-order valence-electron chi connectivity index (χ1n) is 4.50. The van der Waals surface area contributed by atoms with Crippen molar-refractivity contribution < 1.29 is 9.50 Å². The smallest absolute Gasteiger partial charge is 0.124 e. The summed E-state index contributed by atoms with van der Waals surface area (Å²) in [6, 6.07) is 6.78. The lowest BCUT2D eigenvalue weighted by atomic mass is 10.1. The average molecular weight is 210 g/mol. The van der Waals surface area contributed by atoms with Crippen molar-refractivity contribution in [3.63, 3.8) is 0 Å². The third-order valence-electron chi connectivity index (χ3n) is 2.26. The molecule has 0 amide bonds. The molecule has 0 saturated heterocycles. The Bertz CT molecular complexity index is 449. The molecular formula is C11H11FOS. The van der Waals surface area contributed by atoms with Crippen LogP contribution in [0.2, 0.25) is 0 Å². The zero-order valence-electron chi connectivity index (χ0n) is 7.83. The van der Waals surface area contributed by atoms with Crippen LogP contribution in [0.15, 0.2) is 24.3 Å². The van der Waals surface area contributed by atoms with Gasteiger partial charge >= 0.3 is 0 Å². The van der Waals surface area contributed by atoms with E-state index in [0.717, 1.165) is 15.0 Å². The molecule has 1 atom stereocenters. The molecule has 0 aliphatic heterocycles. The summed E-state index contributed by atoms with van der Waals surface area (Å²) in [5.74, 6) is -0.0713. The molecule has 74 valence electrons. The molecule has 0 radical (unpaired) electrons. The number of rotatable bonds is 2.